The van der Waals surface area contributed by atoms with Crippen molar-refractivity contribution in [2.75, 3.05) is 0 Å². The maximum absolute atomic E-state index is 16.3. The maximum Gasteiger partial charge on any atom is 0.263 e. The summed E-state index contributed by atoms with van der Waals surface area (Å²) < 4.78 is 12.1. The number of carbonyl (C=O) groups is 7. The van der Waals surface area contributed by atoms with Crippen molar-refractivity contribution in [1.82, 2.24) is 5.32 Å². The molecule has 290 valence electrons. The van der Waals surface area contributed by atoms with Gasteiger partial charge in [0.1, 0.15) is 23.2 Å². The number of amides is 1. The predicted molar refractivity (Wildman–Crippen MR) is 189 cm³/mol. The molecule has 4 heterocycles. The average Bonchev–Trinajstić information content (AvgIpc) is 3.93. The van der Waals surface area contributed by atoms with E-state index < -0.39 is 122 Å². The zero-order chi connectivity index (χ0) is 39.9. The summed E-state index contributed by atoms with van der Waals surface area (Å²) in [6.45, 7) is 12.4. The highest BCUT2D eigenvalue weighted by Gasteiger charge is 2.99. The van der Waals surface area contributed by atoms with E-state index in [1.165, 1.54) is 13.8 Å². The molecule has 1 amide bonds. The van der Waals surface area contributed by atoms with E-state index in [9.17, 15) is 34.5 Å². The van der Waals surface area contributed by atoms with E-state index in [1.54, 1.807) is 0 Å². The number of Topliss-reactive ketones (excluding diaryl/α,β-unsaturated/α-hetero) is 6. The van der Waals surface area contributed by atoms with Gasteiger partial charge in [0.2, 0.25) is 23.1 Å². The van der Waals surface area contributed by atoms with Crippen LogP contribution in [-0.4, -0.2) is 85.9 Å². The Morgan fingerprint density at radius 1 is 0.945 bits per heavy atom. The molecular weight excluding hydrogens is 710 g/mol. The van der Waals surface area contributed by atoms with Gasteiger partial charge in [-0.15, -0.1) is 0 Å². The molecule has 0 radical (unpaired) electrons. The third-order valence-corrected chi connectivity index (χ3v) is 15.7. The van der Waals surface area contributed by atoms with Crippen molar-refractivity contribution in [3.8, 4) is 0 Å². The first-order valence-electron chi connectivity index (χ1n) is 19.2. The number of ketones is 6. The molecule has 8 aliphatic rings. The van der Waals surface area contributed by atoms with Gasteiger partial charge >= 0.3 is 0 Å². The normalized spacial score (nSPS) is 48.0. The number of hydrogen-bond acceptors (Lipinski definition) is 12. The van der Waals surface area contributed by atoms with Gasteiger partial charge in [0, 0.05) is 23.4 Å². The van der Waals surface area contributed by atoms with Gasteiger partial charge in [0.25, 0.3) is 5.78 Å². The standard InChI is InChI=1S/C42H45NO12/c1-15(2)10-23-27-18(5)17(4)12-20-11-16(3)8-9-24(44)29(46)25-26(32(49)39(20,27)37(52)43-23)35-41-33(50)30(47)28(45)19(6)40(41,34(25)55-35)38(7)22-14-54-13-21(22)31(48)42(41,53)36(38)51/h11-15,18,20,23-27,34-35,44-45,53H,8-10H2,1-7H3,(H,43,52)/b16-11-/t18-,20+,23+,24-,25-,26-,27+,34+,35-,38+,39+,40-,41-,42+/m1/s1. The number of allylic oxidation sites excluding steroid dienone is 5. The molecule has 0 unspecified atom stereocenters. The zero-order valence-electron chi connectivity index (χ0n) is 31.7. The number of ether oxygens (including phenoxy) is 1. The lowest BCUT2D eigenvalue weighted by Gasteiger charge is -2.57. The fraction of sp³-hybridized carbons (Fsp3) is 0.595. The second-order valence-corrected chi connectivity index (χ2v) is 18.1. The number of hydrogen-bond donors (Lipinski definition) is 4. The SMILES string of the molecule is CC1=C[C@@H]2/C=C(/C)CC[C@@H](O)C(=O)[C@H]3[C@H](C(=O)[C@]24C(=O)N[C@@H](CC(C)C)[C@@H]4[C@@H]1C)[C@H]1O[C@@H]3[C@@]23C(C)=C(O)C(=O)C(=O)[C@@]12[C@]1(O)C(=O)c2cocc2[C@@]3(C)C1=O. The summed E-state index contributed by atoms with van der Waals surface area (Å²) in [5.74, 6) is -13.8. The van der Waals surface area contributed by atoms with Crippen molar-refractivity contribution in [2.45, 2.75) is 103 Å². The van der Waals surface area contributed by atoms with Crippen molar-refractivity contribution < 1.29 is 58.0 Å². The highest BCUT2D eigenvalue weighted by Crippen LogP contribution is 2.83. The topological polar surface area (TPSA) is 215 Å². The van der Waals surface area contributed by atoms with Crippen LogP contribution in [0.25, 0.3) is 0 Å². The molecule has 1 spiro atoms. The average molecular weight is 756 g/mol. The molecule has 13 nitrogen and oxygen atoms in total. The van der Waals surface area contributed by atoms with Crippen LogP contribution < -0.4 is 5.32 Å². The van der Waals surface area contributed by atoms with Crippen molar-refractivity contribution in [3.63, 3.8) is 0 Å². The second kappa shape index (κ2) is 10.7. The number of furan rings is 1. The van der Waals surface area contributed by atoms with E-state index in [0.717, 1.165) is 23.7 Å². The smallest absolute Gasteiger partial charge is 0.263 e. The van der Waals surface area contributed by atoms with E-state index in [2.05, 4.69) is 5.32 Å². The van der Waals surface area contributed by atoms with Crippen LogP contribution in [0.5, 0.6) is 0 Å². The van der Waals surface area contributed by atoms with Crippen LogP contribution in [0, 0.1) is 51.8 Å². The summed E-state index contributed by atoms with van der Waals surface area (Å²) in [4.78, 5) is 105. The van der Waals surface area contributed by atoms with E-state index in [1.807, 2.05) is 46.8 Å². The third-order valence-electron chi connectivity index (χ3n) is 15.7. The maximum atomic E-state index is 16.3. The minimum absolute atomic E-state index is 0.0426. The Morgan fingerprint density at radius 2 is 1.62 bits per heavy atom. The molecule has 9 rings (SSSR count). The zero-order valence-corrected chi connectivity index (χ0v) is 31.7. The van der Waals surface area contributed by atoms with Crippen molar-refractivity contribution in [3.05, 3.63) is 58.3 Å². The molecule has 55 heavy (non-hydrogen) atoms. The molecule has 13 heteroatoms. The minimum atomic E-state index is -3.33. The first-order chi connectivity index (χ1) is 25.8. The van der Waals surface area contributed by atoms with Crippen molar-refractivity contribution in [2.24, 2.45) is 51.8 Å². The molecule has 1 aromatic heterocycles. The summed E-state index contributed by atoms with van der Waals surface area (Å²) in [7, 11) is 0. The number of nitrogens with one attached hydrogen (secondary N) is 1. The Bertz CT molecular complexity index is 2210. The van der Waals surface area contributed by atoms with Crippen molar-refractivity contribution >= 4 is 40.6 Å². The summed E-state index contributed by atoms with van der Waals surface area (Å²) in [5, 5.41) is 39.3. The second-order valence-electron chi connectivity index (χ2n) is 18.1. The Hall–Kier alpha value is -4.33. The number of rotatable bonds is 2. The first-order valence-corrected chi connectivity index (χ1v) is 19.2. The van der Waals surface area contributed by atoms with Gasteiger partial charge in [-0.1, -0.05) is 44.1 Å². The largest absolute Gasteiger partial charge is 0.504 e. The summed E-state index contributed by atoms with van der Waals surface area (Å²) >= 11 is 0. The number of aliphatic hydroxyl groups is 3. The quantitative estimate of drug-likeness (QED) is 0.195. The monoisotopic (exact) mass is 755 g/mol. The molecular formula is C42H45NO12. The van der Waals surface area contributed by atoms with Gasteiger partial charge in [-0.05, 0) is 64.4 Å². The van der Waals surface area contributed by atoms with Crippen LogP contribution in [0.1, 0.15) is 83.7 Å². The Morgan fingerprint density at radius 3 is 2.29 bits per heavy atom. The molecule has 4 fully saturated rings. The Labute approximate surface area is 316 Å². The van der Waals surface area contributed by atoms with Crippen LogP contribution in [0.2, 0.25) is 0 Å². The molecule has 1 saturated carbocycles. The van der Waals surface area contributed by atoms with Crippen LogP contribution in [0.15, 0.2) is 51.6 Å². The van der Waals surface area contributed by atoms with Gasteiger partial charge < -0.3 is 29.8 Å². The highest BCUT2D eigenvalue weighted by atomic mass is 16.5. The highest BCUT2D eigenvalue weighted by molar-refractivity contribution is 6.50. The number of aliphatic hydroxyl groups excluding tert-OH is 2. The molecule has 3 aliphatic heterocycles. The summed E-state index contributed by atoms with van der Waals surface area (Å²) in [6, 6.07) is -0.483. The van der Waals surface area contributed by atoms with Crippen molar-refractivity contribution in [1.29, 1.82) is 0 Å². The lowest BCUT2D eigenvalue weighted by molar-refractivity contribution is -0.175. The van der Waals surface area contributed by atoms with Crippen LogP contribution in [0.3, 0.4) is 0 Å². The molecule has 14 atom stereocenters. The van der Waals surface area contributed by atoms with E-state index in [4.69, 9.17) is 9.15 Å². The molecule has 3 saturated heterocycles. The van der Waals surface area contributed by atoms with E-state index >= 15 is 14.4 Å². The Kier molecular flexibility index (Phi) is 7.09. The summed E-state index contributed by atoms with van der Waals surface area (Å²) in [6.07, 6.45) is 1.16. The van der Waals surface area contributed by atoms with Gasteiger partial charge in [0.05, 0.1) is 46.7 Å². The molecule has 4 bridgehead atoms. The van der Waals surface area contributed by atoms with Gasteiger partial charge in [-0.3, -0.25) is 33.6 Å². The fourth-order valence-electron chi connectivity index (χ4n) is 13.6. The number of fused-ring (bicyclic) bond motifs is 9. The van der Waals surface area contributed by atoms with Crippen LogP contribution in [0.4, 0.5) is 0 Å². The van der Waals surface area contributed by atoms with Crippen LogP contribution >= 0.6 is 0 Å². The first kappa shape index (κ1) is 36.3. The van der Waals surface area contributed by atoms with Crippen LogP contribution in [-0.2, 0) is 38.9 Å². The predicted octanol–water partition coefficient (Wildman–Crippen LogP) is 2.62. The third kappa shape index (κ3) is 3.42. The lowest BCUT2D eigenvalue weighted by Crippen LogP contribution is -2.74. The fourth-order valence-corrected chi connectivity index (χ4v) is 13.6. The molecule has 0 aromatic carbocycles. The summed E-state index contributed by atoms with van der Waals surface area (Å²) in [5.41, 5.74) is -11.4. The number of carbonyl (C=O) groups excluding carboxylic acids is 7. The minimum Gasteiger partial charge on any atom is -0.504 e. The van der Waals surface area contributed by atoms with E-state index in [-0.39, 0.29) is 41.4 Å². The van der Waals surface area contributed by atoms with E-state index in [0.29, 0.717) is 6.42 Å². The molecule has 5 aliphatic carbocycles. The van der Waals surface area contributed by atoms with Gasteiger partial charge in [0.15, 0.2) is 23.1 Å². The van der Waals surface area contributed by atoms with Gasteiger partial charge in [-0.25, -0.2) is 0 Å². The molecule has 4 N–H and O–H groups in total. The Balaban J connectivity index is 1.39. The molecule has 1 aromatic rings. The van der Waals surface area contributed by atoms with Gasteiger partial charge in [-0.2, -0.15) is 0 Å². The lowest BCUT2D eigenvalue weighted by atomic mass is 9.38.